The van der Waals surface area contributed by atoms with Crippen molar-refractivity contribution in [1.82, 2.24) is 0 Å². The van der Waals surface area contributed by atoms with Crippen molar-refractivity contribution in [3.05, 3.63) is 52.3 Å². The molecule has 0 fully saturated rings. The Labute approximate surface area is 124 Å². The average molecular weight is 342 g/mol. The number of ether oxygens (including phenoxy) is 1. The maximum atomic E-state index is 13.4. The maximum absolute atomic E-state index is 13.4. The van der Waals surface area contributed by atoms with Gasteiger partial charge in [0.2, 0.25) is 0 Å². The highest BCUT2D eigenvalue weighted by atomic mass is 79.9. The summed E-state index contributed by atoms with van der Waals surface area (Å²) in [6.45, 7) is 0. The number of rotatable bonds is 4. The summed E-state index contributed by atoms with van der Waals surface area (Å²) in [6.07, 6.45) is 0. The van der Waals surface area contributed by atoms with E-state index in [1.54, 1.807) is 31.0 Å². The Bertz CT molecular complexity index is 592. The van der Waals surface area contributed by atoms with Gasteiger partial charge in [0, 0.05) is 22.4 Å². The zero-order chi connectivity index (χ0) is 13.8. The van der Waals surface area contributed by atoms with Crippen molar-refractivity contribution in [3.8, 4) is 5.75 Å². The molecule has 2 rings (SSSR count). The fraction of sp³-hybridized carbons (Fsp3) is 0.143. The average Bonchev–Trinajstić information content (AvgIpc) is 2.41. The first kappa shape index (κ1) is 14.2. The van der Waals surface area contributed by atoms with Crippen molar-refractivity contribution in [1.29, 1.82) is 0 Å². The third kappa shape index (κ3) is 3.42. The fourth-order valence-corrected chi connectivity index (χ4v) is 3.21. The molecule has 19 heavy (non-hydrogen) atoms. The molecule has 5 heteroatoms. The highest BCUT2D eigenvalue weighted by Gasteiger charge is 2.08. The summed E-state index contributed by atoms with van der Waals surface area (Å²) >= 11 is 4.84. The molecule has 0 saturated heterocycles. The van der Waals surface area contributed by atoms with E-state index in [1.165, 1.54) is 6.07 Å². The first-order valence-corrected chi connectivity index (χ1v) is 7.39. The lowest BCUT2D eigenvalue weighted by Gasteiger charge is -2.10. The van der Waals surface area contributed by atoms with Crippen LogP contribution in [0.25, 0.3) is 0 Å². The van der Waals surface area contributed by atoms with Crippen molar-refractivity contribution in [3.63, 3.8) is 0 Å². The number of benzene rings is 2. The molecular weight excluding hydrogens is 329 g/mol. The van der Waals surface area contributed by atoms with Gasteiger partial charge in [-0.1, -0.05) is 12.1 Å². The number of halogens is 2. The van der Waals surface area contributed by atoms with E-state index in [0.29, 0.717) is 15.9 Å². The zero-order valence-corrected chi connectivity index (χ0v) is 12.7. The summed E-state index contributed by atoms with van der Waals surface area (Å²) in [5, 5.41) is 0. The van der Waals surface area contributed by atoms with Gasteiger partial charge >= 0.3 is 0 Å². The topological polar surface area (TPSA) is 35.2 Å². The lowest BCUT2D eigenvalue weighted by atomic mass is 10.2. The molecule has 2 nitrogen and oxygen atoms in total. The standard InChI is InChI=1S/C14H13BrFNOS/c1-18-12-7-10(17)5-6-13(12)19-8-9-3-2-4-11(16)14(9)15/h2-7H,8,17H2,1H3. The summed E-state index contributed by atoms with van der Waals surface area (Å²) < 4.78 is 19.2. The predicted molar refractivity (Wildman–Crippen MR) is 81.1 cm³/mol. The molecule has 0 heterocycles. The molecule has 2 N–H and O–H groups in total. The zero-order valence-electron chi connectivity index (χ0n) is 10.3. The van der Waals surface area contributed by atoms with E-state index in [4.69, 9.17) is 10.5 Å². The van der Waals surface area contributed by atoms with Crippen molar-refractivity contribution in [2.75, 3.05) is 12.8 Å². The van der Waals surface area contributed by atoms with E-state index in [9.17, 15) is 4.39 Å². The van der Waals surface area contributed by atoms with E-state index in [-0.39, 0.29) is 5.82 Å². The van der Waals surface area contributed by atoms with Crippen LogP contribution in [0.2, 0.25) is 0 Å². The molecule has 0 bridgehead atoms. The fourth-order valence-electron chi connectivity index (χ4n) is 1.62. The van der Waals surface area contributed by atoms with Crippen molar-refractivity contribution in [2.24, 2.45) is 0 Å². The van der Waals surface area contributed by atoms with Crippen LogP contribution in [0, 0.1) is 5.82 Å². The highest BCUT2D eigenvalue weighted by molar-refractivity contribution is 9.10. The number of hydrogen-bond acceptors (Lipinski definition) is 3. The molecule has 2 aromatic rings. The van der Waals surface area contributed by atoms with Crippen LogP contribution in [-0.2, 0) is 5.75 Å². The molecule has 0 atom stereocenters. The molecule has 0 saturated carbocycles. The van der Waals surface area contributed by atoms with Gasteiger partial charge in [-0.3, -0.25) is 0 Å². The second-order valence-electron chi connectivity index (χ2n) is 3.91. The minimum Gasteiger partial charge on any atom is -0.496 e. The lowest BCUT2D eigenvalue weighted by molar-refractivity contribution is 0.405. The molecular formula is C14H13BrFNOS. The minimum atomic E-state index is -0.248. The minimum absolute atomic E-state index is 0.248. The van der Waals surface area contributed by atoms with Crippen LogP contribution >= 0.6 is 27.7 Å². The van der Waals surface area contributed by atoms with Gasteiger partial charge in [-0.2, -0.15) is 0 Å². The first-order valence-electron chi connectivity index (χ1n) is 5.61. The SMILES string of the molecule is COc1cc(N)ccc1SCc1cccc(F)c1Br. The largest absolute Gasteiger partial charge is 0.496 e. The van der Waals surface area contributed by atoms with Gasteiger partial charge in [-0.25, -0.2) is 4.39 Å². The smallest absolute Gasteiger partial charge is 0.137 e. The van der Waals surface area contributed by atoms with Crippen molar-refractivity contribution in [2.45, 2.75) is 10.6 Å². The molecule has 0 unspecified atom stereocenters. The summed E-state index contributed by atoms with van der Waals surface area (Å²) in [5.74, 6) is 1.14. The molecule has 0 aliphatic carbocycles. The van der Waals surface area contributed by atoms with Gasteiger partial charge in [-0.15, -0.1) is 11.8 Å². The molecule has 0 radical (unpaired) electrons. The van der Waals surface area contributed by atoms with E-state index < -0.39 is 0 Å². The highest BCUT2D eigenvalue weighted by Crippen LogP contribution is 2.34. The Kier molecular flexibility index (Phi) is 4.71. The van der Waals surface area contributed by atoms with Crippen LogP contribution in [0.4, 0.5) is 10.1 Å². The summed E-state index contributed by atoms with van der Waals surface area (Å²) in [5.41, 5.74) is 7.27. The third-order valence-corrected chi connectivity index (χ3v) is 4.59. The van der Waals surface area contributed by atoms with E-state index >= 15 is 0 Å². The van der Waals surface area contributed by atoms with Crippen LogP contribution in [0.15, 0.2) is 45.8 Å². The van der Waals surface area contributed by atoms with Crippen molar-refractivity contribution >= 4 is 33.4 Å². The van der Waals surface area contributed by atoms with E-state index in [0.717, 1.165) is 16.2 Å². The van der Waals surface area contributed by atoms with E-state index in [2.05, 4.69) is 15.9 Å². The Morgan fingerprint density at radius 1 is 1.32 bits per heavy atom. The number of methoxy groups -OCH3 is 1. The van der Waals surface area contributed by atoms with Crippen LogP contribution in [0.1, 0.15) is 5.56 Å². The van der Waals surface area contributed by atoms with Gasteiger partial charge in [0.05, 0.1) is 11.6 Å². The van der Waals surface area contributed by atoms with Gasteiger partial charge < -0.3 is 10.5 Å². The molecule has 0 amide bonds. The van der Waals surface area contributed by atoms with E-state index in [1.807, 2.05) is 18.2 Å². The van der Waals surface area contributed by atoms with Crippen LogP contribution in [-0.4, -0.2) is 7.11 Å². The number of hydrogen-bond donors (Lipinski definition) is 1. The Balaban J connectivity index is 2.17. The Morgan fingerprint density at radius 2 is 2.11 bits per heavy atom. The van der Waals surface area contributed by atoms with Gasteiger partial charge in [0.15, 0.2) is 0 Å². The quantitative estimate of drug-likeness (QED) is 0.658. The monoisotopic (exact) mass is 341 g/mol. The van der Waals surface area contributed by atoms with Gasteiger partial charge in [0.25, 0.3) is 0 Å². The second kappa shape index (κ2) is 6.30. The predicted octanol–water partition coefficient (Wildman–Crippen LogP) is 4.47. The number of thioether (sulfide) groups is 1. The second-order valence-corrected chi connectivity index (χ2v) is 5.72. The number of anilines is 1. The molecule has 0 aliphatic rings. The summed E-state index contributed by atoms with van der Waals surface area (Å²) in [4.78, 5) is 0.980. The maximum Gasteiger partial charge on any atom is 0.137 e. The Morgan fingerprint density at radius 3 is 2.84 bits per heavy atom. The summed E-state index contributed by atoms with van der Waals surface area (Å²) in [7, 11) is 1.61. The Hall–Kier alpha value is -1.20. The summed E-state index contributed by atoms with van der Waals surface area (Å²) in [6, 6.07) is 10.5. The van der Waals surface area contributed by atoms with Gasteiger partial charge in [0.1, 0.15) is 11.6 Å². The normalized spacial score (nSPS) is 10.5. The van der Waals surface area contributed by atoms with Crippen LogP contribution in [0.3, 0.4) is 0 Å². The van der Waals surface area contributed by atoms with Crippen LogP contribution in [0.5, 0.6) is 5.75 Å². The molecule has 2 aromatic carbocycles. The van der Waals surface area contributed by atoms with Gasteiger partial charge in [-0.05, 0) is 39.7 Å². The van der Waals surface area contributed by atoms with Crippen molar-refractivity contribution < 1.29 is 9.13 Å². The number of nitrogen functional groups attached to an aromatic ring is 1. The first-order chi connectivity index (χ1) is 9.11. The number of nitrogens with two attached hydrogens (primary N) is 1. The molecule has 0 spiro atoms. The molecule has 0 aliphatic heterocycles. The molecule has 100 valence electrons. The third-order valence-electron chi connectivity index (χ3n) is 2.60. The molecule has 0 aromatic heterocycles. The van der Waals surface area contributed by atoms with Crippen LogP contribution < -0.4 is 10.5 Å². The lowest BCUT2D eigenvalue weighted by Crippen LogP contribution is -1.91.